The summed E-state index contributed by atoms with van der Waals surface area (Å²) >= 11 is 0. The highest BCUT2D eigenvalue weighted by molar-refractivity contribution is 5.56. The van der Waals surface area contributed by atoms with Gasteiger partial charge in [-0.3, -0.25) is 0 Å². The topological polar surface area (TPSA) is 62.5 Å². The summed E-state index contributed by atoms with van der Waals surface area (Å²) in [6.07, 6.45) is 6.67. The highest BCUT2D eigenvalue weighted by atomic mass is 15.4. The number of aromatic nitrogens is 5. The summed E-state index contributed by atoms with van der Waals surface area (Å²) in [4.78, 5) is 18.4. The minimum absolute atomic E-state index is 0.497. The van der Waals surface area contributed by atoms with Gasteiger partial charge in [0.25, 0.3) is 0 Å². The van der Waals surface area contributed by atoms with Gasteiger partial charge < -0.3 is 9.80 Å². The zero-order valence-corrected chi connectivity index (χ0v) is 13.8. The van der Waals surface area contributed by atoms with Crippen LogP contribution in [0.25, 0.3) is 5.65 Å². The van der Waals surface area contributed by atoms with Crippen molar-refractivity contribution in [2.45, 2.75) is 32.4 Å². The van der Waals surface area contributed by atoms with E-state index < -0.39 is 0 Å². The molecule has 24 heavy (non-hydrogen) atoms. The second-order valence-corrected chi connectivity index (χ2v) is 6.68. The number of anilines is 2. The van der Waals surface area contributed by atoms with Gasteiger partial charge in [-0.2, -0.15) is 5.10 Å². The van der Waals surface area contributed by atoms with E-state index in [4.69, 9.17) is 4.98 Å². The average molecular weight is 321 g/mol. The van der Waals surface area contributed by atoms with Crippen molar-refractivity contribution in [3.8, 4) is 0 Å². The third kappa shape index (κ3) is 1.90. The summed E-state index contributed by atoms with van der Waals surface area (Å²) in [5, 5.41) is 4.22. The number of piperidine rings is 1. The second kappa shape index (κ2) is 4.90. The Morgan fingerprint density at radius 1 is 1.08 bits per heavy atom. The van der Waals surface area contributed by atoms with E-state index in [-0.39, 0.29) is 0 Å². The molecule has 2 unspecified atom stereocenters. The largest absolute Gasteiger partial charge is 0.352 e. The van der Waals surface area contributed by atoms with E-state index in [2.05, 4.69) is 37.9 Å². The molecule has 0 saturated carbocycles. The van der Waals surface area contributed by atoms with E-state index in [1.807, 2.05) is 19.2 Å². The van der Waals surface area contributed by atoms with E-state index in [9.17, 15) is 0 Å². The van der Waals surface area contributed by atoms with E-state index >= 15 is 0 Å². The van der Waals surface area contributed by atoms with Crippen molar-refractivity contribution in [1.82, 2.24) is 24.6 Å². The van der Waals surface area contributed by atoms with Gasteiger partial charge in [-0.05, 0) is 26.3 Å². The lowest BCUT2D eigenvalue weighted by Gasteiger charge is -2.57. The molecule has 7 nitrogen and oxygen atoms in total. The first-order chi connectivity index (χ1) is 11.7. The maximum absolute atomic E-state index is 4.75. The van der Waals surface area contributed by atoms with Crippen molar-refractivity contribution in [3.05, 3.63) is 42.1 Å². The van der Waals surface area contributed by atoms with Crippen molar-refractivity contribution in [1.29, 1.82) is 0 Å². The van der Waals surface area contributed by atoms with E-state index in [0.717, 1.165) is 36.1 Å². The molecule has 0 radical (unpaired) electrons. The molecule has 6 heterocycles. The smallest absolute Gasteiger partial charge is 0.157 e. The van der Waals surface area contributed by atoms with Crippen LogP contribution in [0.5, 0.6) is 0 Å². The van der Waals surface area contributed by atoms with Crippen LogP contribution in [-0.2, 0) is 0 Å². The van der Waals surface area contributed by atoms with E-state index in [0.29, 0.717) is 12.1 Å². The molecule has 6 rings (SSSR count). The molecule has 3 aliphatic rings. The van der Waals surface area contributed by atoms with Gasteiger partial charge in [-0.25, -0.2) is 19.5 Å². The maximum atomic E-state index is 4.75. The Kier molecular flexibility index (Phi) is 2.80. The molecule has 0 aromatic carbocycles. The quantitative estimate of drug-likeness (QED) is 0.714. The molecule has 0 amide bonds. The lowest BCUT2D eigenvalue weighted by Crippen LogP contribution is -2.69. The molecule has 3 saturated heterocycles. The molecule has 3 aromatic heterocycles. The van der Waals surface area contributed by atoms with Crippen LogP contribution in [-0.4, -0.2) is 49.7 Å². The summed E-state index contributed by atoms with van der Waals surface area (Å²) in [7, 11) is 0. The molecule has 0 aliphatic carbocycles. The standard InChI is InChI=1S/C17H19N7/c1-11-12(2)18-10-19-17(11)22-8-13-7-14(9-22)24(13)16-4-6-23-15(21-16)3-5-20-23/h3-6,10,13-14H,7-9H2,1-2H3. The van der Waals surface area contributed by atoms with Crippen LogP contribution in [0.1, 0.15) is 17.7 Å². The Morgan fingerprint density at radius 2 is 1.92 bits per heavy atom. The van der Waals surface area contributed by atoms with Gasteiger partial charge in [-0.15, -0.1) is 0 Å². The van der Waals surface area contributed by atoms with Crippen molar-refractivity contribution >= 4 is 17.3 Å². The molecule has 122 valence electrons. The minimum Gasteiger partial charge on any atom is -0.352 e. The Labute approximate surface area is 140 Å². The zero-order valence-electron chi connectivity index (χ0n) is 13.8. The Morgan fingerprint density at radius 3 is 2.75 bits per heavy atom. The van der Waals surface area contributed by atoms with Crippen LogP contribution in [0.2, 0.25) is 0 Å². The zero-order chi connectivity index (χ0) is 16.3. The van der Waals surface area contributed by atoms with Crippen LogP contribution < -0.4 is 9.80 Å². The third-order valence-electron chi connectivity index (χ3n) is 5.31. The van der Waals surface area contributed by atoms with Gasteiger partial charge in [-0.1, -0.05) is 0 Å². The van der Waals surface area contributed by atoms with Crippen molar-refractivity contribution < 1.29 is 0 Å². The Balaban J connectivity index is 1.41. The fraction of sp³-hybridized carbons (Fsp3) is 0.412. The summed E-state index contributed by atoms with van der Waals surface area (Å²) in [5.41, 5.74) is 3.14. The van der Waals surface area contributed by atoms with Crippen LogP contribution in [0.15, 0.2) is 30.9 Å². The molecule has 2 bridgehead atoms. The first kappa shape index (κ1) is 13.7. The maximum Gasteiger partial charge on any atom is 0.157 e. The number of aryl methyl sites for hydroxylation is 1. The summed E-state index contributed by atoms with van der Waals surface area (Å²) in [6, 6.07) is 5.00. The highest BCUT2D eigenvalue weighted by Gasteiger charge is 2.46. The van der Waals surface area contributed by atoms with Crippen molar-refractivity contribution in [2.75, 3.05) is 22.9 Å². The van der Waals surface area contributed by atoms with Crippen LogP contribution in [0, 0.1) is 13.8 Å². The van der Waals surface area contributed by atoms with E-state index in [1.165, 1.54) is 12.0 Å². The molecule has 3 aromatic rings. The normalized spacial score (nSPS) is 22.8. The lowest BCUT2D eigenvalue weighted by molar-refractivity contribution is 0.287. The molecular formula is C17H19N7. The van der Waals surface area contributed by atoms with Crippen LogP contribution in [0.3, 0.4) is 0 Å². The number of piperazine rings is 1. The van der Waals surface area contributed by atoms with Gasteiger partial charge in [0.1, 0.15) is 18.0 Å². The van der Waals surface area contributed by atoms with Crippen molar-refractivity contribution in [3.63, 3.8) is 0 Å². The molecular weight excluding hydrogens is 302 g/mol. The predicted octanol–water partition coefficient (Wildman–Crippen LogP) is 1.60. The number of rotatable bonds is 2. The van der Waals surface area contributed by atoms with Gasteiger partial charge >= 0.3 is 0 Å². The average Bonchev–Trinajstić information content (AvgIpc) is 3.05. The van der Waals surface area contributed by atoms with Gasteiger partial charge in [0, 0.05) is 36.6 Å². The number of fused-ring (bicyclic) bond motifs is 3. The molecule has 2 atom stereocenters. The predicted molar refractivity (Wildman–Crippen MR) is 91.4 cm³/mol. The van der Waals surface area contributed by atoms with E-state index in [1.54, 1.807) is 17.0 Å². The molecule has 3 aliphatic heterocycles. The van der Waals surface area contributed by atoms with Gasteiger partial charge in [0.05, 0.1) is 18.3 Å². The Hall–Kier alpha value is -2.70. The fourth-order valence-corrected chi connectivity index (χ4v) is 3.95. The number of nitrogens with zero attached hydrogens (tertiary/aromatic N) is 7. The van der Waals surface area contributed by atoms with Gasteiger partial charge in [0.15, 0.2) is 5.65 Å². The van der Waals surface area contributed by atoms with Crippen molar-refractivity contribution in [2.24, 2.45) is 0 Å². The number of hydrogen-bond acceptors (Lipinski definition) is 6. The second-order valence-electron chi connectivity index (χ2n) is 6.68. The first-order valence-electron chi connectivity index (χ1n) is 8.32. The number of hydrogen-bond donors (Lipinski definition) is 0. The highest BCUT2D eigenvalue weighted by Crippen LogP contribution is 2.38. The van der Waals surface area contributed by atoms with Crippen LogP contribution in [0.4, 0.5) is 11.6 Å². The fourth-order valence-electron chi connectivity index (χ4n) is 3.95. The summed E-state index contributed by atoms with van der Waals surface area (Å²) < 4.78 is 1.80. The molecule has 0 spiro atoms. The molecule has 0 N–H and O–H groups in total. The SMILES string of the molecule is Cc1ncnc(N2CC3CC(C2)N3c2ccn3nccc3n2)c1C. The Bertz CT molecular complexity index is 906. The lowest BCUT2D eigenvalue weighted by atomic mass is 9.87. The summed E-state index contributed by atoms with van der Waals surface area (Å²) in [6.45, 7) is 6.12. The molecule has 7 heteroatoms. The minimum atomic E-state index is 0.497. The van der Waals surface area contributed by atoms with Crippen LogP contribution >= 0.6 is 0 Å². The summed E-state index contributed by atoms with van der Waals surface area (Å²) in [5.74, 6) is 2.13. The monoisotopic (exact) mass is 321 g/mol. The first-order valence-corrected chi connectivity index (χ1v) is 8.32. The third-order valence-corrected chi connectivity index (χ3v) is 5.31. The van der Waals surface area contributed by atoms with Gasteiger partial charge in [0.2, 0.25) is 0 Å². The molecule has 3 fully saturated rings.